The molecular weight excluding hydrogens is 339 g/mol. The van der Waals surface area contributed by atoms with Crippen molar-refractivity contribution < 1.29 is 14.1 Å². The van der Waals surface area contributed by atoms with Gasteiger partial charge >= 0.3 is 7.12 Å². The topological polar surface area (TPSA) is 60.5 Å². The van der Waals surface area contributed by atoms with Crippen molar-refractivity contribution in [1.82, 2.24) is 4.98 Å². The van der Waals surface area contributed by atoms with Crippen LogP contribution >= 0.6 is 0 Å². The number of anilines is 1. The van der Waals surface area contributed by atoms with Crippen LogP contribution in [0.15, 0.2) is 42.6 Å². The van der Waals surface area contributed by atoms with Crippen LogP contribution in [0.1, 0.15) is 57.0 Å². The molecule has 0 unspecified atom stereocenters. The monoisotopic (exact) mass is 366 g/mol. The number of nitrogens with zero attached hydrogens (tertiary/aromatic N) is 1. The summed E-state index contributed by atoms with van der Waals surface area (Å²) in [6.07, 6.45) is 3.74. The summed E-state index contributed by atoms with van der Waals surface area (Å²) < 4.78 is 12.1. The molecule has 0 atom stereocenters. The minimum Gasteiger partial charge on any atom is -0.399 e. The number of carbonyl (C=O) groups is 1. The number of aromatic nitrogens is 1. The van der Waals surface area contributed by atoms with Gasteiger partial charge in [0.1, 0.15) is 5.82 Å². The number of carbonyl (C=O) groups excluding carboxylic acids is 1. The normalized spacial score (nSPS) is 17.7. The summed E-state index contributed by atoms with van der Waals surface area (Å²) in [5.74, 6) is 0.387. The first kappa shape index (κ1) is 19.6. The molecular formula is C21H27BN2O3. The van der Waals surface area contributed by atoms with Crippen LogP contribution in [-0.2, 0) is 15.7 Å². The predicted octanol–water partition coefficient (Wildman–Crippen LogP) is 3.59. The third-order valence-corrected chi connectivity index (χ3v) is 5.30. The van der Waals surface area contributed by atoms with Gasteiger partial charge in [-0.3, -0.25) is 4.79 Å². The Morgan fingerprint density at radius 2 is 1.70 bits per heavy atom. The van der Waals surface area contributed by atoms with E-state index in [1.165, 1.54) is 5.56 Å². The second-order valence-electron chi connectivity index (χ2n) is 7.96. The SMILES string of the molecule is CCCc1ccnc(NC(=O)c2ccc(B3OC(C)(C)C(C)(C)O3)cc2)c1. The molecule has 6 heteroatoms. The van der Waals surface area contributed by atoms with Crippen LogP contribution in [0.25, 0.3) is 0 Å². The molecule has 0 spiro atoms. The maximum Gasteiger partial charge on any atom is 0.494 e. The van der Waals surface area contributed by atoms with E-state index < -0.39 is 7.12 Å². The number of nitrogens with one attached hydrogen (secondary N) is 1. The van der Waals surface area contributed by atoms with E-state index in [4.69, 9.17) is 9.31 Å². The summed E-state index contributed by atoms with van der Waals surface area (Å²) in [6, 6.07) is 11.2. The first-order valence-corrected chi connectivity index (χ1v) is 9.44. The summed E-state index contributed by atoms with van der Waals surface area (Å²) in [5, 5.41) is 2.86. The molecule has 2 aromatic rings. The van der Waals surface area contributed by atoms with Gasteiger partial charge in [-0.05, 0) is 69.4 Å². The van der Waals surface area contributed by atoms with E-state index in [1.54, 1.807) is 18.3 Å². The summed E-state index contributed by atoms with van der Waals surface area (Å²) >= 11 is 0. The molecule has 1 fully saturated rings. The molecule has 0 aliphatic carbocycles. The largest absolute Gasteiger partial charge is 0.494 e. The zero-order valence-electron chi connectivity index (χ0n) is 16.7. The predicted molar refractivity (Wildman–Crippen MR) is 108 cm³/mol. The molecule has 1 aliphatic rings. The van der Waals surface area contributed by atoms with Crippen LogP contribution < -0.4 is 10.8 Å². The average molecular weight is 366 g/mol. The maximum absolute atomic E-state index is 12.5. The van der Waals surface area contributed by atoms with Crippen molar-refractivity contribution in [3.63, 3.8) is 0 Å². The van der Waals surface area contributed by atoms with Crippen LogP contribution in [0.3, 0.4) is 0 Å². The zero-order valence-corrected chi connectivity index (χ0v) is 16.7. The van der Waals surface area contributed by atoms with Gasteiger partial charge in [-0.1, -0.05) is 25.5 Å². The number of hydrogen-bond acceptors (Lipinski definition) is 4. The Labute approximate surface area is 161 Å². The highest BCUT2D eigenvalue weighted by Crippen LogP contribution is 2.36. The van der Waals surface area contributed by atoms with Crippen LogP contribution in [-0.4, -0.2) is 29.2 Å². The number of pyridine rings is 1. The van der Waals surface area contributed by atoms with E-state index >= 15 is 0 Å². The lowest BCUT2D eigenvalue weighted by molar-refractivity contribution is 0.00578. The Morgan fingerprint density at radius 1 is 1.07 bits per heavy atom. The van der Waals surface area contributed by atoms with Crippen molar-refractivity contribution in [2.75, 3.05) is 5.32 Å². The Hall–Kier alpha value is -2.18. The van der Waals surface area contributed by atoms with E-state index in [0.29, 0.717) is 11.4 Å². The molecule has 1 aromatic carbocycles. The number of hydrogen-bond donors (Lipinski definition) is 1. The summed E-state index contributed by atoms with van der Waals surface area (Å²) in [7, 11) is -0.431. The van der Waals surface area contributed by atoms with Gasteiger partial charge in [-0.15, -0.1) is 0 Å². The molecule has 1 N–H and O–H groups in total. The maximum atomic E-state index is 12.5. The lowest BCUT2D eigenvalue weighted by atomic mass is 9.79. The highest BCUT2D eigenvalue weighted by molar-refractivity contribution is 6.62. The van der Waals surface area contributed by atoms with Gasteiger partial charge in [0, 0.05) is 11.8 Å². The standard InChI is InChI=1S/C21H27BN2O3/c1-6-7-15-12-13-23-18(14-15)24-19(25)16-8-10-17(11-9-16)22-26-20(2,3)21(4,5)27-22/h8-14H,6-7H2,1-5H3,(H,23,24,25). The second-order valence-corrected chi connectivity index (χ2v) is 7.96. The molecule has 3 rings (SSSR count). The van der Waals surface area contributed by atoms with Crippen LogP contribution in [0, 0.1) is 0 Å². The molecule has 0 bridgehead atoms. The highest BCUT2D eigenvalue weighted by atomic mass is 16.7. The minimum absolute atomic E-state index is 0.184. The Morgan fingerprint density at radius 3 is 2.30 bits per heavy atom. The van der Waals surface area contributed by atoms with Gasteiger partial charge in [0.05, 0.1) is 11.2 Å². The molecule has 2 heterocycles. The van der Waals surface area contributed by atoms with Crippen molar-refractivity contribution in [1.29, 1.82) is 0 Å². The van der Waals surface area contributed by atoms with Crippen molar-refractivity contribution >= 4 is 24.3 Å². The van der Waals surface area contributed by atoms with Gasteiger partial charge in [-0.25, -0.2) is 4.98 Å². The van der Waals surface area contributed by atoms with Crippen molar-refractivity contribution in [3.05, 3.63) is 53.7 Å². The van der Waals surface area contributed by atoms with Gasteiger partial charge < -0.3 is 14.6 Å². The molecule has 0 saturated carbocycles. The van der Waals surface area contributed by atoms with Gasteiger partial charge in [-0.2, -0.15) is 0 Å². The number of rotatable bonds is 5. The number of aryl methyl sites for hydroxylation is 1. The fourth-order valence-corrected chi connectivity index (χ4v) is 2.95. The Bertz CT molecular complexity index is 802. The number of benzene rings is 1. The quantitative estimate of drug-likeness (QED) is 0.822. The number of amides is 1. The van der Waals surface area contributed by atoms with E-state index in [9.17, 15) is 4.79 Å². The van der Waals surface area contributed by atoms with Crippen molar-refractivity contribution in [2.45, 2.75) is 58.7 Å². The second kappa shape index (κ2) is 7.45. The third-order valence-electron chi connectivity index (χ3n) is 5.30. The first-order chi connectivity index (χ1) is 12.7. The average Bonchev–Trinajstić information content (AvgIpc) is 2.83. The van der Waals surface area contributed by atoms with Crippen LogP contribution in [0.4, 0.5) is 5.82 Å². The molecule has 0 radical (unpaired) electrons. The Balaban J connectivity index is 1.69. The molecule has 1 saturated heterocycles. The molecule has 27 heavy (non-hydrogen) atoms. The van der Waals surface area contributed by atoms with E-state index in [2.05, 4.69) is 17.2 Å². The fraction of sp³-hybridized carbons (Fsp3) is 0.429. The minimum atomic E-state index is -0.431. The van der Waals surface area contributed by atoms with Gasteiger partial charge in [0.25, 0.3) is 5.91 Å². The fourth-order valence-electron chi connectivity index (χ4n) is 2.95. The van der Waals surface area contributed by atoms with Gasteiger partial charge in [0.15, 0.2) is 0 Å². The Kier molecular flexibility index (Phi) is 5.40. The smallest absolute Gasteiger partial charge is 0.399 e. The molecule has 1 aromatic heterocycles. The van der Waals surface area contributed by atoms with Crippen molar-refractivity contribution in [3.8, 4) is 0 Å². The molecule has 5 nitrogen and oxygen atoms in total. The van der Waals surface area contributed by atoms with E-state index in [-0.39, 0.29) is 17.1 Å². The molecule has 142 valence electrons. The summed E-state index contributed by atoms with van der Waals surface area (Å²) in [5.41, 5.74) is 1.86. The third kappa shape index (κ3) is 4.23. The first-order valence-electron chi connectivity index (χ1n) is 9.44. The summed E-state index contributed by atoms with van der Waals surface area (Å²) in [6.45, 7) is 10.2. The van der Waals surface area contributed by atoms with E-state index in [0.717, 1.165) is 18.3 Å². The molecule has 1 aliphatic heterocycles. The van der Waals surface area contributed by atoms with Gasteiger partial charge in [0.2, 0.25) is 0 Å². The molecule has 1 amide bonds. The highest BCUT2D eigenvalue weighted by Gasteiger charge is 2.51. The zero-order chi connectivity index (χ0) is 19.7. The van der Waals surface area contributed by atoms with Crippen LogP contribution in [0.5, 0.6) is 0 Å². The van der Waals surface area contributed by atoms with Crippen molar-refractivity contribution in [2.24, 2.45) is 0 Å². The van der Waals surface area contributed by atoms with E-state index in [1.807, 2.05) is 52.0 Å². The van der Waals surface area contributed by atoms with Crippen LogP contribution in [0.2, 0.25) is 0 Å². The lowest BCUT2D eigenvalue weighted by Crippen LogP contribution is -2.41. The summed E-state index contributed by atoms with van der Waals surface area (Å²) in [4.78, 5) is 16.7. The lowest BCUT2D eigenvalue weighted by Gasteiger charge is -2.32.